The average molecular weight is 475 g/mol. The van der Waals surface area contributed by atoms with Crippen LogP contribution < -0.4 is 19.7 Å². The topological polar surface area (TPSA) is 81.6 Å². The van der Waals surface area contributed by atoms with Crippen LogP contribution in [-0.4, -0.2) is 54.0 Å². The predicted octanol–water partition coefficient (Wildman–Crippen LogP) is 4.64. The van der Waals surface area contributed by atoms with E-state index < -0.39 is 12.4 Å². The van der Waals surface area contributed by atoms with Crippen LogP contribution in [0.2, 0.25) is 0 Å². The highest BCUT2D eigenvalue weighted by molar-refractivity contribution is 5.72. The van der Waals surface area contributed by atoms with Gasteiger partial charge in [-0.05, 0) is 37.6 Å². The molecule has 0 spiro atoms. The van der Waals surface area contributed by atoms with E-state index in [4.69, 9.17) is 9.47 Å². The van der Waals surface area contributed by atoms with Crippen molar-refractivity contribution in [3.8, 4) is 22.8 Å². The van der Waals surface area contributed by atoms with Gasteiger partial charge in [0.2, 0.25) is 11.8 Å². The van der Waals surface area contributed by atoms with Gasteiger partial charge in [0.25, 0.3) is 0 Å². The number of alkyl halides is 2. The first-order valence-corrected chi connectivity index (χ1v) is 10.6. The van der Waals surface area contributed by atoms with E-state index >= 15 is 0 Å². The second-order valence-corrected chi connectivity index (χ2v) is 7.84. The second kappa shape index (κ2) is 10.1. The van der Waals surface area contributed by atoms with E-state index in [9.17, 15) is 13.2 Å². The van der Waals surface area contributed by atoms with Gasteiger partial charge in [0.1, 0.15) is 11.4 Å². The lowest BCUT2D eigenvalue weighted by molar-refractivity contribution is -0.0498. The smallest absolute Gasteiger partial charge is 0.387 e. The zero-order valence-electron chi connectivity index (χ0n) is 18.8. The van der Waals surface area contributed by atoms with Crippen LogP contribution in [0.15, 0.2) is 42.7 Å². The van der Waals surface area contributed by atoms with Gasteiger partial charge in [-0.2, -0.15) is 13.8 Å². The van der Waals surface area contributed by atoms with Crippen LogP contribution in [-0.2, 0) is 4.74 Å². The maximum atomic E-state index is 14.6. The molecule has 1 N–H and O–H groups in total. The van der Waals surface area contributed by atoms with Crippen molar-refractivity contribution in [2.75, 3.05) is 30.4 Å². The summed E-state index contributed by atoms with van der Waals surface area (Å²) >= 11 is 0. The van der Waals surface area contributed by atoms with Crippen molar-refractivity contribution >= 4 is 17.5 Å². The van der Waals surface area contributed by atoms with Crippen LogP contribution >= 0.6 is 0 Å². The van der Waals surface area contributed by atoms with E-state index in [1.165, 1.54) is 19.2 Å². The van der Waals surface area contributed by atoms with E-state index in [0.717, 1.165) is 6.20 Å². The summed E-state index contributed by atoms with van der Waals surface area (Å²) in [6, 6.07) is 7.80. The van der Waals surface area contributed by atoms with Gasteiger partial charge in [-0.3, -0.25) is 0 Å². The number of pyridine rings is 1. The first kappa shape index (κ1) is 23.6. The Morgan fingerprint density at radius 1 is 1.06 bits per heavy atom. The Hall–Kier alpha value is -3.60. The first-order chi connectivity index (χ1) is 16.3. The molecule has 8 nitrogen and oxygen atoms in total. The molecule has 1 aromatic carbocycles. The van der Waals surface area contributed by atoms with Gasteiger partial charge in [-0.25, -0.2) is 14.4 Å². The van der Waals surface area contributed by atoms with Gasteiger partial charge in [-0.15, -0.1) is 0 Å². The van der Waals surface area contributed by atoms with Crippen molar-refractivity contribution in [3.05, 3.63) is 48.5 Å². The summed E-state index contributed by atoms with van der Waals surface area (Å²) in [7, 11) is 1.45. The van der Waals surface area contributed by atoms with E-state index in [0.29, 0.717) is 35.9 Å². The monoisotopic (exact) mass is 475 g/mol. The normalized spacial score (nSPS) is 18.1. The molecule has 3 aromatic rings. The molecule has 0 amide bonds. The number of ether oxygens (including phenoxy) is 3. The Kier molecular flexibility index (Phi) is 7.01. The molecule has 1 aliphatic heterocycles. The van der Waals surface area contributed by atoms with Crippen LogP contribution in [0.3, 0.4) is 0 Å². The van der Waals surface area contributed by atoms with Crippen molar-refractivity contribution in [1.82, 2.24) is 15.0 Å². The number of methoxy groups -OCH3 is 1. The van der Waals surface area contributed by atoms with Crippen molar-refractivity contribution < 1.29 is 27.4 Å². The fourth-order valence-electron chi connectivity index (χ4n) is 3.76. The van der Waals surface area contributed by atoms with Crippen molar-refractivity contribution in [1.29, 1.82) is 0 Å². The van der Waals surface area contributed by atoms with Gasteiger partial charge >= 0.3 is 6.61 Å². The van der Waals surface area contributed by atoms with Gasteiger partial charge in [0.05, 0.1) is 25.5 Å². The SMILES string of the molecule is COc1ncc(-c2ccc(OC(F)F)cc2)cc1Nc1nc(N2C[C@@H](C)O[C@@H](C)C2)ncc1F. The third kappa shape index (κ3) is 5.48. The first-order valence-electron chi connectivity index (χ1n) is 10.6. The number of rotatable bonds is 7. The molecule has 4 rings (SSSR count). The van der Waals surface area contributed by atoms with Crippen LogP contribution in [0.25, 0.3) is 11.1 Å². The molecule has 3 heterocycles. The largest absolute Gasteiger partial charge is 0.480 e. The minimum absolute atomic E-state index is 0.00716. The van der Waals surface area contributed by atoms with E-state index in [2.05, 4.69) is 25.0 Å². The number of halogens is 3. The highest BCUT2D eigenvalue weighted by Gasteiger charge is 2.25. The molecule has 1 saturated heterocycles. The highest BCUT2D eigenvalue weighted by atomic mass is 19.3. The number of hydrogen-bond donors (Lipinski definition) is 1. The average Bonchev–Trinajstić information content (AvgIpc) is 2.80. The molecular formula is C23H24F3N5O3. The molecular weight excluding hydrogens is 451 g/mol. The van der Waals surface area contributed by atoms with Crippen LogP contribution in [0.5, 0.6) is 11.6 Å². The molecule has 180 valence electrons. The van der Waals surface area contributed by atoms with Crippen molar-refractivity contribution in [2.24, 2.45) is 0 Å². The number of benzene rings is 1. The predicted molar refractivity (Wildman–Crippen MR) is 120 cm³/mol. The zero-order valence-corrected chi connectivity index (χ0v) is 18.8. The maximum Gasteiger partial charge on any atom is 0.387 e. The quantitative estimate of drug-likeness (QED) is 0.529. The summed E-state index contributed by atoms with van der Waals surface area (Å²) in [6.45, 7) is 2.18. The van der Waals surface area contributed by atoms with Crippen molar-refractivity contribution in [2.45, 2.75) is 32.7 Å². The maximum absolute atomic E-state index is 14.6. The van der Waals surface area contributed by atoms with E-state index in [1.54, 1.807) is 24.4 Å². The standard InChI is InChI=1S/C23H24F3N5O3/c1-13-11-31(12-14(2)33-13)23-28-10-18(24)20(30-23)29-19-8-16(9-27-21(19)32-3)15-4-6-17(7-5-15)34-22(25)26/h4-10,13-14,22H,11-12H2,1-3H3,(H,28,29,30)/t13-,14+. The van der Waals surface area contributed by atoms with Crippen LogP contribution in [0.1, 0.15) is 13.8 Å². The summed E-state index contributed by atoms with van der Waals surface area (Å²) in [4.78, 5) is 14.7. The summed E-state index contributed by atoms with van der Waals surface area (Å²) < 4.78 is 54.9. The summed E-state index contributed by atoms with van der Waals surface area (Å²) in [6.07, 6.45) is 2.66. The van der Waals surface area contributed by atoms with Crippen molar-refractivity contribution in [3.63, 3.8) is 0 Å². The lowest BCUT2D eigenvalue weighted by atomic mass is 10.1. The summed E-state index contributed by atoms with van der Waals surface area (Å²) in [5.74, 6) is -0.0205. The van der Waals surface area contributed by atoms with Gasteiger partial charge in [0.15, 0.2) is 11.6 Å². The van der Waals surface area contributed by atoms with Gasteiger partial charge in [-0.1, -0.05) is 12.1 Å². The lowest BCUT2D eigenvalue weighted by Gasteiger charge is -2.35. The number of morpholine rings is 1. The number of aromatic nitrogens is 3. The summed E-state index contributed by atoms with van der Waals surface area (Å²) in [5, 5.41) is 2.95. The lowest BCUT2D eigenvalue weighted by Crippen LogP contribution is -2.46. The van der Waals surface area contributed by atoms with E-state index in [1.807, 2.05) is 18.7 Å². The Balaban J connectivity index is 1.61. The molecule has 0 bridgehead atoms. The number of anilines is 3. The Bertz CT molecular complexity index is 1120. The minimum atomic E-state index is -2.90. The Labute approximate surface area is 194 Å². The third-order valence-electron chi connectivity index (χ3n) is 5.14. The zero-order chi connectivity index (χ0) is 24.2. The fourth-order valence-corrected chi connectivity index (χ4v) is 3.76. The third-order valence-corrected chi connectivity index (χ3v) is 5.14. The molecule has 34 heavy (non-hydrogen) atoms. The highest BCUT2D eigenvalue weighted by Crippen LogP contribution is 2.32. The molecule has 0 unspecified atom stereocenters. The minimum Gasteiger partial charge on any atom is -0.480 e. The molecule has 0 aliphatic carbocycles. The van der Waals surface area contributed by atoms with Gasteiger partial charge in [0, 0.05) is 24.8 Å². The molecule has 0 radical (unpaired) electrons. The molecule has 2 atom stereocenters. The number of hydrogen-bond acceptors (Lipinski definition) is 8. The second-order valence-electron chi connectivity index (χ2n) is 7.84. The Morgan fingerprint density at radius 3 is 2.41 bits per heavy atom. The fraction of sp³-hybridized carbons (Fsp3) is 0.348. The molecule has 0 saturated carbocycles. The summed E-state index contributed by atoms with van der Waals surface area (Å²) in [5.41, 5.74) is 1.72. The van der Waals surface area contributed by atoms with E-state index in [-0.39, 0.29) is 29.7 Å². The molecule has 11 heteroatoms. The molecule has 1 aliphatic rings. The van der Waals surface area contributed by atoms with Crippen LogP contribution in [0, 0.1) is 5.82 Å². The van der Waals surface area contributed by atoms with Gasteiger partial charge < -0.3 is 24.4 Å². The Morgan fingerprint density at radius 2 is 1.76 bits per heavy atom. The van der Waals surface area contributed by atoms with Crippen LogP contribution in [0.4, 0.5) is 30.6 Å². The number of nitrogens with one attached hydrogen (secondary N) is 1. The molecule has 2 aromatic heterocycles. The molecule has 1 fully saturated rings. The number of nitrogens with zero attached hydrogens (tertiary/aromatic N) is 4.